The fraction of sp³-hybridized carbons (Fsp3) is 0.529. The second-order valence-corrected chi connectivity index (χ2v) is 5.41. The number of guanidine groups is 1. The summed E-state index contributed by atoms with van der Waals surface area (Å²) < 4.78 is 5.62. The van der Waals surface area contributed by atoms with Gasteiger partial charge < -0.3 is 20.7 Å². The predicted molar refractivity (Wildman–Crippen MR) is 91.7 cm³/mol. The number of nitrogens with zero attached hydrogens (tertiary/aromatic N) is 1. The number of ether oxygens (including phenoxy) is 1. The lowest BCUT2D eigenvalue weighted by molar-refractivity contribution is -0.122. The van der Waals surface area contributed by atoms with Gasteiger partial charge in [0.25, 0.3) is 0 Å². The lowest BCUT2D eigenvalue weighted by Gasteiger charge is -2.12. The molecule has 126 valence electrons. The van der Waals surface area contributed by atoms with Gasteiger partial charge >= 0.3 is 0 Å². The second-order valence-electron chi connectivity index (χ2n) is 5.41. The molecule has 0 spiro atoms. The molecule has 3 N–H and O–H groups in total. The summed E-state index contributed by atoms with van der Waals surface area (Å²) in [6, 6.07) is 9.72. The lowest BCUT2D eigenvalue weighted by Crippen LogP contribution is -2.40. The third-order valence-corrected chi connectivity index (χ3v) is 3.38. The summed E-state index contributed by atoms with van der Waals surface area (Å²) in [5.74, 6) is 2.01. The van der Waals surface area contributed by atoms with Crippen LogP contribution in [0.5, 0.6) is 5.75 Å². The first-order valence-corrected chi connectivity index (χ1v) is 8.27. The number of carbonyl (C=O) groups is 1. The first-order valence-electron chi connectivity index (χ1n) is 8.27. The Balaban J connectivity index is 1.61. The molecule has 6 nitrogen and oxygen atoms in total. The maximum Gasteiger partial charge on any atom is 0.223 e. The van der Waals surface area contributed by atoms with Crippen molar-refractivity contribution in [1.29, 1.82) is 0 Å². The Bertz CT molecular complexity index is 501. The minimum atomic E-state index is 0.162. The highest BCUT2D eigenvalue weighted by molar-refractivity contribution is 5.81. The van der Waals surface area contributed by atoms with Gasteiger partial charge in [-0.2, -0.15) is 0 Å². The SMILES string of the molecule is CCNC(=NCCNC(=O)C1CC1)NCCOc1ccccc1. The summed E-state index contributed by atoms with van der Waals surface area (Å²) in [7, 11) is 0. The molecule has 2 rings (SSSR count). The van der Waals surface area contributed by atoms with Gasteiger partial charge in [-0.05, 0) is 31.9 Å². The van der Waals surface area contributed by atoms with Gasteiger partial charge in [0.1, 0.15) is 12.4 Å². The molecule has 1 aromatic rings. The molecule has 1 saturated carbocycles. The number of nitrogens with one attached hydrogen (secondary N) is 3. The number of benzene rings is 1. The van der Waals surface area contributed by atoms with E-state index in [-0.39, 0.29) is 11.8 Å². The molecule has 1 aliphatic rings. The smallest absolute Gasteiger partial charge is 0.223 e. The van der Waals surface area contributed by atoms with Gasteiger partial charge in [0.15, 0.2) is 5.96 Å². The van der Waals surface area contributed by atoms with Crippen LogP contribution in [0.4, 0.5) is 0 Å². The maximum absolute atomic E-state index is 11.5. The van der Waals surface area contributed by atoms with Crippen molar-refractivity contribution in [3.63, 3.8) is 0 Å². The summed E-state index contributed by atoms with van der Waals surface area (Å²) in [5.41, 5.74) is 0. The number of aliphatic imine (C=N–C) groups is 1. The molecular weight excluding hydrogens is 292 g/mol. The summed E-state index contributed by atoms with van der Waals surface area (Å²) in [6.45, 7) is 5.17. The topological polar surface area (TPSA) is 74.8 Å². The Kier molecular flexibility index (Phi) is 7.23. The molecule has 0 aliphatic heterocycles. The molecule has 1 amide bonds. The Morgan fingerprint density at radius 1 is 1.17 bits per heavy atom. The largest absolute Gasteiger partial charge is 0.492 e. The van der Waals surface area contributed by atoms with Crippen molar-refractivity contribution in [3.05, 3.63) is 30.3 Å². The van der Waals surface area contributed by atoms with Gasteiger partial charge in [0.2, 0.25) is 5.91 Å². The monoisotopic (exact) mass is 318 g/mol. The molecular formula is C17H26N4O2. The summed E-state index contributed by atoms with van der Waals surface area (Å²) in [4.78, 5) is 15.9. The van der Waals surface area contributed by atoms with Gasteiger partial charge in [0, 0.05) is 19.0 Å². The standard InChI is InChI=1S/C17H26N4O2/c1-2-18-17(20-11-10-19-16(22)14-8-9-14)21-12-13-23-15-6-4-3-5-7-15/h3-7,14H,2,8-13H2,1H3,(H,19,22)(H2,18,20,21). The average molecular weight is 318 g/mol. The Labute approximate surface area is 137 Å². The van der Waals surface area contributed by atoms with Gasteiger partial charge in [-0.1, -0.05) is 18.2 Å². The Morgan fingerprint density at radius 3 is 2.65 bits per heavy atom. The van der Waals surface area contributed by atoms with E-state index in [1.54, 1.807) is 0 Å². The van der Waals surface area contributed by atoms with Crippen molar-refractivity contribution in [2.24, 2.45) is 10.9 Å². The van der Waals surface area contributed by atoms with Crippen LogP contribution in [-0.4, -0.2) is 44.7 Å². The van der Waals surface area contributed by atoms with Crippen molar-refractivity contribution >= 4 is 11.9 Å². The van der Waals surface area contributed by atoms with E-state index in [0.717, 1.165) is 31.1 Å². The molecule has 0 atom stereocenters. The van der Waals surface area contributed by atoms with E-state index in [4.69, 9.17) is 4.74 Å². The number of rotatable bonds is 9. The molecule has 1 fully saturated rings. The van der Waals surface area contributed by atoms with E-state index in [9.17, 15) is 4.79 Å². The summed E-state index contributed by atoms with van der Waals surface area (Å²) in [6.07, 6.45) is 2.06. The molecule has 0 radical (unpaired) electrons. The highest BCUT2D eigenvalue weighted by Crippen LogP contribution is 2.28. The van der Waals surface area contributed by atoms with Crippen molar-refractivity contribution in [2.75, 3.05) is 32.8 Å². The molecule has 0 bridgehead atoms. The third kappa shape index (κ3) is 7.04. The van der Waals surface area contributed by atoms with Gasteiger partial charge in [-0.25, -0.2) is 0 Å². The quantitative estimate of drug-likeness (QED) is 0.363. The Morgan fingerprint density at radius 2 is 1.96 bits per heavy atom. The number of carbonyl (C=O) groups excluding carboxylic acids is 1. The molecule has 0 heterocycles. The lowest BCUT2D eigenvalue weighted by atomic mass is 10.3. The van der Waals surface area contributed by atoms with Crippen LogP contribution in [-0.2, 0) is 4.79 Å². The maximum atomic E-state index is 11.5. The predicted octanol–water partition coefficient (Wildman–Crippen LogP) is 1.15. The zero-order valence-electron chi connectivity index (χ0n) is 13.7. The van der Waals surface area contributed by atoms with Crippen LogP contribution in [0.25, 0.3) is 0 Å². The van der Waals surface area contributed by atoms with Crippen molar-refractivity contribution < 1.29 is 9.53 Å². The van der Waals surface area contributed by atoms with Crippen LogP contribution >= 0.6 is 0 Å². The second kappa shape index (κ2) is 9.71. The van der Waals surface area contributed by atoms with Crippen molar-refractivity contribution in [1.82, 2.24) is 16.0 Å². The van der Waals surface area contributed by atoms with Crippen LogP contribution in [0.3, 0.4) is 0 Å². The molecule has 0 unspecified atom stereocenters. The van der Waals surface area contributed by atoms with Crippen molar-refractivity contribution in [2.45, 2.75) is 19.8 Å². The van der Waals surface area contributed by atoms with Crippen LogP contribution in [0, 0.1) is 5.92 Å². The third-order valence-electron chi connectivity index (χ3n) is 3.38. The Hall–Kier alpha value is -2.24. The van der Waals surface area contributed by atoms with E-state index in [1.807, 2.05) is 37.3 Å². The zero-order chi connectivity index (χ0) is 16.3. The van der Waals surface area contributed by atoms with Crippen LogP contribution in [0.15, 0.2) is 35.3 Å². The van der Waals surface area contributed by atoms with Crippen molar-refractivity contribution in [3.8, 4) is 5.75 Å². The van der Waals surface area contributed by atoms with Crippen LogP contribution < -0.4 is 20.7 Å². The minimum absolute atomic E-state index is 0.162. The average Bonchev–Trinajstić information content (AvgIpc) is 3.41. The van der Waals surface area contributed by atoms with Gasteiger partial charge in [0.05, 0.1) is 13.1 Å². The minimum Gasteiger partial charge on any atom is -0.492 e. The van der Waals surface area contributed by atoms with Crippen LogP contribution in [0.2, 0.25) is 0 Å². The normalized spacial score (nSPS) is 14.2. The fourth-order valence-corrected chi connectivity index (χ4v) is 2.03. The van der Waals surface area contributed by atoms with E-state index in [1.165, 1.54) is 0 Å². The fourth-order valence-electron chi connectivity index (χ4n) is 2.03. The molecule has 1 aliphatic carbocycles. The molecule has 1 aromatic carbocycles. The highest BCUT2D eigenvalue weighted by Gasteiger charge is 2.28. The van der Waals surface area contributed by atoms with E-state index < -0.39 is 0 Å². The van der Waals surface area contributed by atoms with E-state index in [2.05, 4.69) is 20.9 Å². The van der Waals surface area contributed by atoms with Gasteiger partial charge in [-0.3, -0.25) is 9.79 Å². The first-order chi connectivity index (χ1) is 11.3. The van der Waals surface area contributed by atoms with Crippen LogP contribution in [0.1, 0.15) is 19.8 Å². The number of hydrogen-bond donors (Lipinski definition) is 3. The summed E-state index contributed by atoms with van der Waals surface area (Å²) >= 11 is 0. The molecule has 23 heavy (non-hydrogen) atoms. The first kappa shape index (κ1) is 17.1. The highest BCUT2D eigenvalue weighted by atomic mass is 16.5. The molecule has 0 saturated heterocycles. The number of amides is 1. The summed E-state index contributed by atoms with van der Waals surface area (Å²) in [5, 5.41) is 9.30. The van der Waals surface area contributed by atoms with E-state index >= 15 is 0 Å². The number of para-hydroxylation sites is 1. The number of hydrogen-bond acceptors (Lipinski definition) is 3. The molecule has 0 aromatic heterocycles. The van der Waals surface area contributed by atoms with Gasteiger partial charge in [-0.15, -0.1) is 0 Å². The zero-order valence-corrected chi connectivity index (χ0v) is 13.7. The van der Waals surface area contributed by atoms with E-state index in [0.29, 0.717) is 26.2 Å². The molecule has 6 heteroatoms.